The number of benzene rings is 2. The molecule has 2 aromatic carbocycles. The molecule has 2 aromatic rings. The molecule has 2 nitrogen and oxygen atoms in total. The largest absolute Gasteiger partial charge is 0.282 e. The van der Waals surface area contributed by atoms with Crippen molar-refractivity contribution in [2.45, 2.75) is 0 Å². The lowest BCUT2D eigenvalue weighted by molar-refractivity contribution is 0.108. The first-order valence-corrected chi connectivity index (χ1v) is 12.9. The van der Waals surface area contributed by atoms with Crippen LogP contribution >= 0.6 is 68.3 Å². The maximum absolute atomic E-state index is 12.0. The van der Waals surface area contributed by atoms with Crippen molar-refractivity contribution in [2.24, 2.45) is 0 Å². The van der Waals surface area contributed by atoms with Gasteiger partial charge in [-0.1, -0.05) is 68.3 Å². The van der Waals surface area contributed by atoms with Gasteiger partial charge in [0.1, 0.15) is 0 Å². The standard InChI is InChI=1S/C18H16Cl2O2S4/c19-15-5-1-13(2-6-15)17(21)23-9-11-25-26-12-10-24-18(22)14-3-7-16(20)8-4-14/h1-8H,9-12H2. The molecule has 0 aromatic heterocycles. The Morgan fingerprint density at radius 2 is 0.962 bits per heavy atom. The topological polar surface area (TPSA) is 34.1 Å². The molecule has 0 aliphatic carbocycles. The van der Waals surface area contributed by atoms with E-state index in [0.717, 1.165) is 23.0 Å². The predicted octanol–water partition coefficient (Wildman–Crippen LogP) is 6.82. The van der Waals surface area contributed by atoms with Gasteiger partial charge in [0.2, 0.25) is 10.2 Å². The van der Waals surface area contributed by atoms with E-state index in [1.807, 2.05) is 0 Å². The van der Waals surface area contributed by atoms with Crippen molar-refractivity contribution in [2.75, 3.05) is 23.0 Å². The van der Waals surface area contributed by atoms with Crippen LogP contribution in [0.2, 0.25) is 10.0 Å². The molecule has 0 radical (unpaired) electrons. The third-order valence-corrected chi connectivity index (χ3v) is 8.28. The van der Waals surface area contributed by atoms with Crippen molar-refractivity contribution in [3.05, 3.63) is 69.7 Å². The SMILES string of the molecule is O=C(SCCSSCCSC(=O)c1ccc(Cl)cc1)c1ccc(Cl)cc1. The van der Waals surface area contributed by atoms with Gasteiger partial charge in [0, 0.05) is 44.2 Å². The smallest absolute Gasteiger partial charge is 0.219 e. The number of halogens is 2. The Balaban J connectivity index is 1.51. The Bertz CT molecular complexity index is 657. The molecule has 0 saturated heterocycles. The second-order valence-corrected chi connectivity index (χ2v) is 10.6. The Morgan fingerprint density at radius 1 is 0.615 bits per heavy atom. The zero-order valence-corrected chi connectivity index (χ0v) is 18.4. The van der Waals surface area contributed by atoms with Crippen LogP contribution in [-0.2, 0) is 0 Å². The lowest BCUT2D eigenvalue weighted by Gasteiger charge is -2.03. The Kier molecular flexibility index (Phi) is 10.4. The third kappa shape index (κ3) is 8.19. The first kappa shape index (κ1) is 22.1. The minimum atomic E-state index is 0.0661. The van der Waals surface area contributed by atoms with Gasteiger partial charge in [0.25, 0.3) is 0 Å². The highest BCUT2D eigenvalue weighted by atomic mass is 35.5. The van der Waals surface area contributed by atoms with Crippen molar-refractivity contribution in [1.82, 2.24) is 0 Å². The summed E-state index contributed by atoms with van der Waals surface area (Å²) < 4.78 is 0. The van der Waals surface area contributed by atoms with Crippen LogP contribution in [0.1, 0.15) is 20.7 Å². The van der Waals surface area contributed by atoms with Crippen LogP contribution < -0.4 is 0 Å². The molecule has 0 N–H and O–H groups in total. The summed E-state index contributed by atoms with van der Waals surface area (Å²) in [6.07, 6.45) is 0. The van der Waals surface area contributed by atoms with Crippen LogP contribution in [0.5, 0.6) is 0 Å². The zero-order chi connectivity index (χ0) is 18.8. The molecule has 0 fully saturated rings. The van der Waals surface area contributed by atoms with E-state index < -0.39 is 0 Å². The maximum Gasteiger partial charge on any atom is 0.219 e. The van der Waals surface area contributed by atoms with Crippen molar-refractivity contribution in [3.8, 4) is 0 Å². The average molecular weight is 463 g/mol. The van der Waals surface area contributed by atoms with Gasteiger partial charge < -0.3 is 0 Å². The minimum Gasteiger partial charge on any atom is -0.282 e. The molecular formula is C18H16Cl2O2S4. The fraction of sp³-hybridized carbons (Fsp3) is 0.222. The molecule has 0 aliphatic heterocycles. The molecule has 2 rings (SSSR count). The van der Waals surface area contributed by atoms with E-state index in [0.29, 0.717) is 21.2 Å². The molecule has 0 bridgehead atoms. The van der Waals surface area contributed by atoms with Gasteiger partial charge in [-0.3, -0.25) is 9.59 Å². The van der Waals surface area contributed by atoms with E-state index in [-0.39, 0.29) is 10.2 Å². The molecule has 138 valence electrons. The summed E-state index contributed by atoms with van der Waals surface area (Å²) in [5.41, 5.74) is 1.35. The van der Waals surface area contributed by atoms with Gasteiger partial charge in [-0.15, -0.1) is 0 Å². The third-order valence-electron chi connectivity index (χ3n) is 3.04. The lowest BCUT2D eigenvalue weighted by atomic mass is 10.2. The van der Waals surface area contributed by atoms with Crippen LogP contribution in [0.4, 0.5) is 0 Å². The number of thioether (sulfide) groups is 2. The monoisotopic (exact) mass is 462 g/mol. The number of rotatable bonds is 9. The molecule has 26 heavy (non-hydrogen) atoms. The second-order valence-electron chi connectivity index (χ2n) is 4.93. The van der Waals surface area contributed by atoms with Crippen molar-refractivity contribution in [1.29, 1.82) is 0 Å². The minimum absolute atomic E-state index is 0.0661. The van der Waals surface area contributed by atoms with Gasteiger partial charge in [-0.25, -0.2) is 0 Å². The summed E-state index contributed by atoms with van der Waals surface area (Å²) in [4.78, 5) is 24.0. The highest BCUT2D eigenvalue weighted by Gasteiger charge is 2.07. The van der Waals surface area contributed by atoms with Gasteiger partial charge >= 0.3 is 0 Å². The van der Waals surface area contributed by atoms with E-state index >= 15 is 0 Å². The molecule has 0 atom stereocenters. The predicted molar refractivity (Wildman–Crippen MR) is 121 cm³/mol. The van der Waals surface area contributed by atoms with Gasteiger partial charge in [-0.05, 0) is 48.5 Å². The Hall–Kier alpha value is -0.240. The second kappa shape index (κ2) is 12.3. The van der Waals surface area contributed by atoms with Gasteiger partial charge in [-0.2, -0.15) is 0 Å². The van der Waals surface area contributed by atoms with Crippen molar-refractivity contribution >= 4 is 78.5 Å². The molecule has 0 saturated carbocycles. The van der Waals surface area contributed by atoms with E-state index in [1.165, 1.54) is 23.5 Å². The van der Waals surface area contributed by atoms with E-state index in [9.17, 15) is 9.59 Å². The summed E-state index contributed by atoms with van der Waals surface area (Å²) in [6, 6.07) is 13.9. The highest BCUT2D eigenvalue weighted by molar-refractivity contribution is 8.76. The molecular weight excluding hydrogens is 447 g/mol. The molecule has 0 spiro atoms. The first-order chi connectivity index (χ1) is 12.6. The summed E-state index contributed by atoms with van der Waals surface area (Å²) in [5.74, 6) is 3.28. The quantitative estimate of drug-likeness (QED) is 0.300. The molecule has 0 heterocycles. The summed E-state index contributed by atoms with van der Waals surface area (Å²) in [7, 11) is 3.45. The summed E-state index contributed by atoms with van der Waals surface area (Å²) >= 11 is 14.3. The van der Waals surface area contributed by atoms with Crippen LogP contribution in [0, 0.1) is 0 Å². The Morgan fingerprint density at radius 3 is 1.31 bits per heavy atom. The average Bonchev–Trinajstić information content (AvgIpc) is 2.64. The van der Waals surface area contributed by atoms with Crippen LogP contribution in [0.15, 0.2) is 48.5 Å². The van der Waals surface area contributed by atoms with Crippen LogP contribution in [-0.4, -0.2) is 33.2 Å². The molecule has 0 aliphatic rings. The lowest BCUT2D eigenvalue weighted by Crippen LogP contribution is -1.96. The normalized spacial score (nSPS) is 10.7. The zero-order valence-electron chi connectivity index (χ0n) is 13.7. The van der Waals surface area contributed by atoms with Crippen molar-refractivity contribution in [3.63, 3.8) is 0 Å². The fourth-order valence-electron chi connectivity index (χ4n) is 1.79. The van der Waals surface area contributed by atoms with Gasteiger partial charge in [0.15, 0.2) is 0 Å². The van der Waals surface area contributed by atoms with Crippen LogP contribution in [0.25, 0.3) is 0 Å². The van der Waals surface area contributed by atoms with E-state index in [4.69, 9.17) is 23.2 Å². The molecule has 0 unspecified atom stereocenters. The van der Waals surface area contributed by atoms with Crippen LogP contribution in [0.3, 0.4) is 0 Å². The summed E-state index contributed by atoms with van der Waals surface area (Å²) in [5, 5.41) is 1.39. The fourth-order valence-corrected chi connectivity index (χ4v) is 6.40. The summed E-state index contributed by atoms with van der Waals surface area (Å²) in [6.45, 7) is 0. The van der Waals surface area contributed by atoms with Crippen molar-refractivity contribution < 1.29 is 9.59 Å². The molecule has 8 heteroatoms. The van der Waals surface area contributed by atoms with E-state index in [2.05, 4.69) is 0 Å². The number of carbonyl (C=O) groups is 2. The number of carbonyl (C=O) groups excluding carboxylic acids is 2. The maximum atomic E-state index is 12.0. The molecule has 0 amide bonds. The highest BCUT2D eigenvalue weighted by Crippen LogP contribution is 2.25. The van der Waals surface area contributed by atoms with E-state index in [1.54, 1.807) is 70.1 Å². The number of hydrogen-bond acceptors (Lipinski definition) is 6. The first-order valence-electron chi connectivity index (χ1n) is 7.66. The number of hydrogen-bond donors (Lipinski definition) is 0. The van der Waals surface area contributed by atoms with Gasteiger partial charge in [0.05, 0.1) is 0 Å². The Labute approximate surface area is 180 Å².